The fourth-order valence-electron chi connectivity index (χ4n) is 1.57. The zero-order chi connectivity index (χ0) is 13.4. The lowest BCUT2D eigenvalue weighted by molar-refractivity contribution is 0.0143. The average Bonchev–Trinajstić information content (AvgIpc) is 2.14. The Labute approximate surface area is 101 Å². The number of benzene rings is 1. The summed E-state index contributed by atoms with van der Waals surface area (Å²) in [7, 11) is -3.64. The average molecular weight is 262 g/mol. The Morgan fingerprint density at radius 1 is 1.24 bits per heavy atom. The van der Waals surface area contributed by atoms with Crippen LogP contribution in [0, 0.1) is 0 Å². The van der Waals surface area contributed by atoms with Gasteiger partial charge in [0.25, 0.3) is 5.92 Å². The van der Waals surface area contributed by atoms with Gasteiger partial charge in [-0.05, 0) is 23.6 Å². The summed E-state index contributed by atoms with van der Waals surface area (Å²) in [5.74, 6) is -3.09. The molecule has 0 radical (unpaired) electrons. The van der Waals surface area contributed by atoms with Crippen LogP contribution in [-0.2, 0) is 15.8 Å². The van der Waals surface area contributed by atoms with Crippen molar-refractivity contribution in [1.82, 2.24) is 0 Å². The molecule has 0 saturated carbocycles. The summed E-state index contributed by atoms with van der Waals surface area (Å²) < 4.78 is 49.7. The van der Waals surface area contributed by atoms with Crippen LogP contribution in [0.1, 0.15) is 37.8 Å². The van der Waals surface area contributed by atoms with Crippen LogP contribution < -0.4 is 0 Å². The molecule has 0 atom stereocenters. The fourth-order valence-corrected chi connectivity index (χ4v) is 2.53. The highest BCUT2D eigenvalue weighted by Crippen LogP contribution is 2.34. The molecule has 1 aromatic carbocycles. The number of hydrogen-bond acceptors (Lipinski definition) is 2. The summed E-state index contributed by atoms with van der Waals surface area (Å²) in [5.41, 5.74) is 0.278. The minimum atomic E-state index is -3.64. The molecule has 0 aliphatic carbocycles. The minimum absolute atomic E-state index is 0.0738. The van der Waals surface area contributed by atoms with E-state index >= 15 is 0 Å². The van der Waals surface area contributed by atoms with Gasteiger partial charge in [-0.1, -0.05) is 19.9 Å². The number of alkyl halides is 2. The highest BCUT2D eigenvalue weighted by molar-refractivity contribution is 7.90. The Morgan fingerprint density at radius 3 is 2.12 bits per heavy atom. The third-order valence-corrected chi connectivity index (χ3v) is 3.70. The molecular formula is C12H16F2O2S. The number of sulfone groups is 1. The first-order valence-corrected chi connectivity index (χ1v) is 7.15. The van der Waals surface area contributed by atoms with E-state index in [-0.39, 0.29) is 10.8 Å². The van der Waals surface area contributed by atoms with E-state index in [4.69, 9.17) is 0 Å². The van der Waals surface area contributed by atoms with E-state index < -0.39 is 21.3 Å². The van der Waals surface area contributed by atoms with Crippen LogP contribution in [0.5, 0.6) is 0 Å². The third kappa shape index (κ3) is 3.25. The molecule has 5 heteroatoms. The van der Waals surface area contributed by atoms with E-state index in [0.717, 1.165) is 6.26 Å². The maximum absolute atomic E-state index is 13.4. The van der Waals surface area contributed by atoms with E-state index in [0.29, 0.717) is 12.5 Å². The first kappa shape index (κ1) is 14.1. The fraction of sp³-hybridized carbons (Fsp3) is 0.500. The molecule has 0 aromatic heterocycles. The van der Waals surface area contributed by atoms with Gasteiger partial charge in [0.05, 0.1) is 4.90 Å². The molecule has 96 valence electrons. The van der Waals surface area contributed by atoms with Crippen LogP contribution in [-0.4, -0.2) is 14.7 Å². The van der Waals surface area contributed by atoms with Crippen molar-refractivity contribution in [3.8, 4) is 0 Å². The quantitative estimate of drug-likeness (QED) is 0.837. The second-order valence-electron chi connectivity index (χ2n) is 4.57. The van der Waals surface area contributed by atoms with Crippen molar-refractivity contribution in [3.63, 3.8) is 0 Å². The second-order valence-corrected chi connectivity index (χ2v) is 6.55. The Kier molecular flexibility index (Phi) is 3.62. The summed E-state index contributed by atoms with van der Waals surface area (Å²) in [5, 5.41) is 0. The molecule has 0 fully saturated rings. The van der Waals surface area contributed by atoms with Gasteiger partial charge in [0, 0.05) is 18.7 Å². The molecule has 0 heterocycles. The van der Waals surface area contributed by atoms with Gasteiger partial charge in [-0.25, -0.2) is 17.2 Å². The van der Waals surface area contributed by atoms with Crippen LogP contribution in [0.2, 0.25) is 0 Å². The van der Waals surface area contributed by atoms with Gasteiger partial charge in [-0.3, -0.25) is 0 Å². The Morgan fingerprint density at radius 2 is 1.76 bits per heavy atom. The van der Waals surface area contributed by atoms with E-state index in [1.54, 1.807) is 6.07 Å². The van der Waals surface area contributed by atoms with Crippen molar-refractivity contribution in [2.24, 2.45) is 0 Å². The molecule has 0 spiro atoms. The van der Waals surface area contributed by atoms with Crippen molar-refractivity contribution in [2.75, 3.05) is 6.26 Å². The normalized spacial score (nSPS) is 13.1. The lowest BCUT2D eigenvalue weighted by atomic mass is 9.99. The third-order valence-electron chi connectivity index (χ3n) is 2.54. The van der Waals surface area contributed by atoms with Gasteiger partial charge >= 0.3 is 0 Å². The van der Waals surface area contributed by atoms with E-state index in [1.165, 1.54) is 12.1 Å². The largest absolute Gasteiger partial charge is 0.271 e. The topological polar surface area (TPSA) is 34.1 Å². The monoisotopic (exact) mass is 262 g/mol. The summed E-state index contributed by atoms with van der Waals surface area (Å²) in [6.07, 6.45) is 0.937. The molecular weight excluding hydrogens is 246 g/mol. The molecule has 0 bridgehead atoms. The van der Waals surface area contributed by atoms with Gasteiger partial charge in [0.1, 0.15) is 0 Å². The van der Waals surface area contributed by atoms with Crippen LogP contribution in [0.3, 0.4) is 0 Å². The lowest BCUT2D eigenvalue weighted by Crippen LogP contribution is -2.14. The standard InChI is InChI=1S/C12H16F2O2S/c1-8(2)9-5-6-11(17(4,15)16)10(7-9)12(3,13)14/h5-8H,1-4H3. The zero-order valence-corrected chi connectivity index (χ0v) is 11.1. The molecule has 0 N–H and O–H groups in total. The van der Waals surface area contributed by atoms with Crippen molar-refractivity contribution >= 4 is 9.84 Å². The van der Waals surface area contributed by atoms with Gasteiger partial charge in [-0.2, -0.15) is 0 Å². The first-order valence-electron chi connectivity index (χ1n) is 5.26. The molecule has 17 heavy (non-hydrogen) atoms. The SMILES string of the molecule is CC(C)c1ccc(S(C)(=O)=O)c(C(C)(F)F)c1. The van der Waals surface area contributed by atoms with E-state index in [9.17, 15) is 17.2 Å². The first-order chi connectivity index (χ1) is 7.53. The van der Waals surface area contributed by atoms with Crippen LogP contribution in [0.15, 0.2) is 23.1 Å². The number of hydrogen-bond donors (Lipinski definition) is 0. The van der Waals surface area contributed by atoms with Crippen molar-refractivity contribution in [1.29, 1.82) is 0 Å². The van der Waals surface area contributed by atoms with Crippen molar-refractivity contribution in [3.05, 3.63) is 29.3 Å². The van der Waals surface area contributed by atoms with Gasteiger partial charge in [0.15, 0.2) is 9.84 Å². The van der Waals surface area contributed by atoms with E-state index in [2.05, 4.69) is 0 Å². The minimum Gasteiger partial charge on any atom is -0.224 e. The van der Waals surface area contributed by atoms with Gasteiger partial charge in [0.2, 0.25) is 0 Å². The second kappa shape index (κ2) is 4.37. The number of halogens is 2. The predicted octanol–water partition coefficient (Wildman–Crippen LogP) is 3.33. The maximum Gasteiger partial charge on any atom is 0.271 e. The Bertz CT molecular complexity index is 514. The molecule has 0 amide bonds. The number of rotatable bonds is 3. The zero-order valence-electron chi connectivity index (χ0n) is 10.3. The van der Waals surface area contributed by atoms with Gasteiger partial charge < -0.3 is 0 Å². The predicted molar refractivity (Wildman–Crippen MR) is 63.2 cm³/mol. The van der Waals surface area contributed by atoms with Gasteiger partial charge in [-0.15, -0.1) is 0 Å². The summed E-state index contributed by atoms with van der Waals surface area (Å²) in [4.78, 5) is -0.297. The van der Waals surface area contributed by atoms with Crippen molar-refractivity contribution < 1.29 is 17.2 Å². The molecule has 0 unspecified atom stereocenters. The Balaban J connectivity index is 3.55. The van der Waals surface area contributed by atoms with Crippen molar-refractivity contribution in [2.45, 2.75) is 37.5 Å². The molecule has 0 aliphatic rings. The smallest absolute Gasteiger partial charge is 0.224 e. The Hall–Kier alpha value is -0.970. The molecule has 2 nitrogen and oxygen atoms in total. The highest BCUT2D eigenvalue weighted by Gasteiger charge is 2.31. The molecule has 0 aliphatic heterocycles. The van der Waals surface area contributed by atoms with Crippen LogP contribution >= 0.6 is 0 Å². The molecule has 0 saturated heterocycles. The van der Waals surface area contributed by atoms with Crippen LogP contribution in [0.25, 0.3) is 0 Å². The van der Waals surface area contributed by atoms with Crippen LogP contribution in [0.4, 0.5) is 8.78 Å². The molecule has 1 rings (SSSR count). The highest BCUT2D eigenvalue weighted by atomic mass is 32.2. The maximum atomic E-state index is 13.4. The molecule has 1 aromatic rings. The van der Waals surface area contributed by atoms with E-state index in [1.807, 2.05) is 13.8 Å². The summed E-state index contributed by atoms with van der Waals surface area (Å²) >= 11 is 0. The summed E-state index contributed by atoms with van der Waals surface area (Å²) in [6, 6.07) is 4.12. The lowest BCUT2D eigenvalue weighted by Gasteiger charge is -2.17. The summed E-state index contributed by atoms with van der Waals surface area (Å²) in [6.45, 7) is 4.45.